The lowest BCUT2D eigenvalue weighted by Gasteiger charge is -2.10. The Kier molecular flexibility index (Phi) is 19.6. The molecule has 0 aliphatic rings. The van der Waals surface area contributed by atoms with Gasteiger partial charge in [-0.15, -0.1) is 0 Å². The summed E-state index contributed by atoms with van der Waals surface area (Å²) in [7, 11) is 0. The standard InChI is InChI=1S/C16H23NO.2C15H22N2O.C15H22N2S/c1-9(2)12-7-13(10(3)4)17-14-8-15(11(5)6)18-16(12)14;1-8(2)12-7-11-14(18-12)13(9(3)4)17-15(16-11)10(5)6;2*1-8(2)11-7-12(9(3)4)16-15-13(11)17-14(18-15)10(5)6/h7-11H,1-6H3;3*7-10H,1-6H3. The maximum absolute atomic E-state index is 5.99. The average Bonchev–Trinajstić information content (AvgIpc) is 4.12. The quantitative estimate of drug-likeness (QED) is 0.117. The first-order valence-electron chi connectivity index (χ1n) is 27.0. The molecule has 0 aliphatic heterocycles. The van der Waals surface area contributed by atoms with Crippen LogP contribution in [0.5, 0.6) is 0 Å². The van der Waals surface area contributed by atoms with Crippen molar-refractivity contribution in [1.82, 2.24) is 34.9 Å². The minimum Gasteiger partial charge on any atom is -0.459 e. The van der Waals surface area contributed by atoms with Crippen molar-refractivity contribution in [3.63, 3.8) is 0 Å². The van der Waals surface area contributed by atoms with Crippen LogP contribution in [0.25, 0.3) is 43.8 Å². The smallest absolute Gasteiger partial charge is 0.247 e. The number of aromatic nitrogens is 7. The predicted molar refractivity (Wildman–Crippen MR) is 304 cm³/mol. The number of hydrogen-bond acceptors (Lipinski definition) is 11. The Morgan fingerprint density at radius 2 is 0.819 bits per heavy atom. The molecule has 8 rings (SSSR count). The van der Waals surface area contributed by atoms with Gasteiger partial charge in [-0.05, 0) is 70.8 Å². The van der Waals surface area contributed by atoms with E-state index in [9.17, 15) is 0 Å². The average molecular weight is 1000 g/mol. The molecule has 0 amide bonds. The van der Waals surface area contributed by atoms with Gasteiger partial charge >= 0.3 is 0 Å². The molecular formula is C61H89N7O3S. The van der Waals surface area contributed by atoms with Crippen LogP contribution in [0, 0.1) is 0 Å². The minimum atomic E-state index is 0.293. The van der Waals surface area contributed by atoms with Crippen molar-refractivity contribution >= 4 is 55.1 Å². The summed E-state index contributed by atoms with van der Waals surface area (Å²) >= 11 is 1.75. The second kappa shape index (κ2) is 24.3. The zero-order chi connectivity index (χ0) is 53.8. The van der Waals surface area contributed by atoms with Gasteiger partial charge < -0.3 is 13.3 Å². The monoisotopic (exact) mass is 1000 g/mol. The molecule has 0 saturated heterocycles. The highest BCUT2D eigenvalue weighted by atomic mass is 32.1. The SMILES string of the molecule is CC(C)c1cc(C(C)C)c2nc(C(C)C)oc2n1.CC(C)c1cc(C(C)C)c2nc(C(C)C)sc2n1.CC(C)c1cc(C(C)C)c2oc(C(C)C)cc2n1.CC(C)c1nc(C(C)C)c2oc(C(C)C)cc2n1. The van der Waals surface area contributed by atoms with Crippen molar-refractivity contribution < 1.29 is 13.3 Å². The summed E-state index contributed by atoms with van der Waals surface area (Å²) in [6.45, 7) is 51.9. The third kappa shape index (κ3) is 13.8. The molecule has 392 valence electrons. The number of pyridine rings is 3. The van der Waals surface area contributed by atoms with Gasteiger partial charge in [-0.2, -0.15) is 0 Å². The lowest BCUT2D eigenvalue weighted by molar-refractivity contribution is 0.493. The fourth-order valence-corrected chi connectivity index (χ4v) is 8.90. The molecule has 0 unspecified atom stereocenters. The molecule has 0 atom stereocenters. The Balaban J connectivity index is 0.000000178. The molecule has 0 N–H and O–H groups in total. The highest BCUT2D eigenvalue weighted by Gasteiger charge is 2.22. The molecule has 8 aromatic rings. The second-order valence-corrected chi connectivity index (χ2v) is 24.4. The van der Waals surface area contributed by atoms with E-state index in [0.717, 1.165) is 78.4 Å². The van der Waals surface area contributed by atoms with Gasteiger partial charge in [0.1, 0.15) is 44.2 Å². The van der Waals surface area contributed by atoms with Gasteiger partial charge in [-0.1, -0.05) is 178 Å². The molecule has 0 bridgehead atoms. The molecule has 0 saturated carbocycles. The van der Waals surface area contributed by atoms with Crippen molar-refractivity contribution in [3.8, 4) is 0 Å². The molecular weight excluding hydrogens is 911 g/mol. The summed E-state index contributed by atoms with van der Waals surface area (Å²) in [5, 5.41) is 1.19. The van der Waals surface area contributed by atoms with Crippen LogP contribution in [0.1, 0.15) is 305 Å². The fraction of sp³-hybridized carbons (Fsp3) is 0.590. The number of fused-ring (bicyclic) bond motifs is 4. The number of furan rings is 2. The molecule has 0 aliphatic carbocycles. The van der Waals surface area contributed by atoms with Crippen LogP contribution in [-0.2, 0) is 0 Å². The predicted octanol–water partition coefficient (Wildman–Crippen LogP) is 19.4. The first-order chi connectivity index (χ1) is 33.6. The number of hydrogen-bond donors (Lipinski definition) is 0. The highest BCUT2D eigenvalue weighted by Crippen LogP contribution is 2.36. The van der Waals surface area contributed by atoms with Crippen molar-refractivity contribution in [1.29, 1.82) is 0 Å². The summed E-state index contributed by atoms with van der Waals surface area (Å²) in [5.74, 6) is 8.64. The summed E-state index contributed by atoms with van der Waals surface area (Å²) in [6.07, 6.45) is 0. The van der Waals surface area contributed by atoms with E-state index in [1.165, 1.54) is 27.4 Å². The number of nitrogens with zero attached hydrogens (tertiary/aromatic N) is 7. The van der Waals surface area contributed by atoms with E-state index in [0.29, 0.717) is 76.7 Å². The topological polar surface area (TPSA) is 130 Å². The Bertz CT molecular complexity index is 2620. The first kappa shape index (κ1) is 57.9. The summed E-state index contributed by atoms with van der Waals surface area (Å²) in [5.41, 5.74) is 14.8. The lowest BCUT2D eigenvalue weighted by Crippen LogP contribution is -2.03. The van der Waals surface area contributed by atoms with E-state index in [1.54, 1.807) is 11.3 Å². The molecule has 8 heterocycles. The third-order valence-electron chi connectivity index (χ3n) is 12.7. The van der Waals surface area contributed by atoms with E-state index in [2.05, 4.69) is 216 Å². The van der Waals surface area contributed by atoms with E-state index < -0.39 is 0 Å². The Labute approximate surface area is 436 Å². The normalized spacial score (nSPS) is 12.3. The van der Waals surface area contributed by atoms with Gasteiger partial charge in [0.2, 0.25) is 5.71 Å². The first-order valence-corrected chi connectivity index (χ1v) is 27.8. The fourth-order valence-electron chi connectivity index (χ4n) is 7.92. The van der Waals surface area contributed by atoms with Gasteiger partial charge in [-0.25, -0.2) is 34.9 Å². The van der Waals surface area contributed by atoms with Crippen LogP contribution in [0.2, 0.25) is 0 Å². The molecule has 0 aromatic carbocycles. The molecule has 0 spiro atoms. The number of thiazole rings is 1. The van der Waals surface area contributed by atoms with Gasteiger partial charge in [0, 0.05) is 64.4 Å². The van der Waals surface area contributed by atoms with E-state index >= 15 is 0 Å². The number of oxazole rings is 1. The van der Waals surface area contributed by atoms with Gasteiger partial charge in [0.15, 0.2) is 17.1 Å². The maximum Gasteiger partial charge on any atom is 0.247 e. The summed E-state index contributed by atoms with van der Waals surface area (Å²) < 4.78 is 17.7. The Morgan fingerprint density at radius 1 is 0.347 bits per heavy atom. The zero-order valence-electron chi connectivity index (χ0n) is 48.6. The molecule has 8 aromatic heterocycles. The highest BCUT2D eigenvalue weighted by molar-refractivity contribution is 7.18. The Morgan fingerprint density at radius 3 is 1.28 bits per heavy atom. The summed E-state index contributed by atoms with van der Waals surface area (Å²) in [4.78, 5) is 33.9. The van der Waals surface area contributed by atoms with Crippen molar-refractivity contribution in [2.75, 3.05) is 0 Å². The van der Waals surface area contributed by atoms with Crippen LogP contribution < -0.4 is 0 Å². The summed E-state index contributed by atoms with van der Waals surface area (Å²) in [6, 6.07) is 10.8. The zero-order valence-corrected chi connectivity index (χ0v) is 49.4. The van der Waals surface area contributed by atoms with Crippen molar-refractivity contribution in [2.45, 2.75) is 237 Å². The molecule has 72 heavy (non-hydrogen) atoms. The number of rotatable bonds is 12. The van der Waals surface area contributed by atoms with Crippen LogP contribution >= 0.6 is 11.3 Å². The van der Waals surface area contributed by atoms with Crippen LogP contribution in [-0.4, -0.2) is 34.9 Å². The molecule has 11 heteroatoms. The van der Waals surface area contributed by atoms with Gasteiger partial charge in [0.25, 0.3) is 0 Å². The van der Waals surface area contributed by atoms with Crippen LogP contribution in [0.4, 0.5) is 0 Å². The van der Waals surface area contributed by atoms with E-state index in [4.69, 9.17) is 28.2 Å². The molecule has 0 fully saturated rings. The van der Waals surface area contributed by atoms with Crippen molar-refractivity contribution in [3.05, 3.63) is 98.0 Å². The Hall–Kier alpha value is -5.03. The van der Waals surface area contributed by atoms with E-state index in [1.807, 2.05) is 0 Å². The molecule has 10 nitrogen and oxygen atoms in total. The van der Waals surface area contributed by atoms with E-state index in [-0.39, 0.29) is 0 Å². The van der Waals surface area contributed by atoms with Crippen molar-refractivity contribution in [2.24, 2.45) is 0 Å². The lowest BCUT2D eigenvalue weighted by atomic mass is 9.99. The van der Waals surface area contributed by atoms with Gasteiger partial charge in [0.05, 0.1) is 10.7 Å². The van der Waals surface area contributed by atoms with Gasteiger partial charge in [-0.3, -0.25) is 0 Å². The molecule has 0 radical (unpaired) electrons. The van der Waals surface area contributed by atoms with Crippen LogP contribution in [0.15, 0.2) is 43.6 Å². The third-order valence-corrected chi connectivity index (χ3v) is 13.9. The largest absolute Gasteiger partial charge is 0.459 e. The maximum atomic E-state index is 5.99. The second-order valence-electron chi connectivity index (χ2n) is 23.4. The van der Waals surface area contributed by atoms with Crippen LogP contribution in [0.3, 0.4) is 0 Å². The minimum absolute atomic E-state index is 0.293.